The second kappa shape index (κ2) is 11.9. The Kier molecular flexibility index (Phi) is 8.88. The first-order chi connectivity index (χ1) is 17.1. The monoisotopic (exact) mass is 513 g/mol. The first-order valence-electron chi connectivity index (χ1n) is 11.1. The number of rotatable bonds is 10. The van der Waals surface area contributed by atoms with Gasteiger partial charge in [0.25, 0.3) is 0 Å². The number of phosphoric ester groups is 1. The highest BCUT2D eigenvalue weighted by Crippen LogP contribution is 2.37. The second-order valence-corrected chi connectivity index (χ2v) is 9.50. The molecule has 0 saturated heterocycles. The summed E-state index contributed by atoms with van der Waals surface area (Å²) in [6, 6.07) is 24.2. The van der Waals surface area contributed by atoms with Gasteiger partial charge in [0, 0.05) is 13.5 Å². The summed E-state index contributed by atoms with van der Waals surface area (Å²) in [4.78, 5) is 45.4. The van der Waals surface area contributed by atoms with E-state index >= 15 is 0 Å². The van der Waals surface area contributed by atoms with E-state index in [-0.39, 0.29) is 25.4 Å². The van der Waals surface area contributed by atoms with E-state index in [4.69, 9.17) is 19.3 Å². The summed E-state index contributed by atoms with van der Waals surface area (Å²) in [7, 11) is -3.24. The first-order valence-corrected chi connectivity index (χ1v) is 12.6. The molecule has 0 radical (unpaired) electrons. The van der Waals surface area contributed by atoms with E-state index < -0.39 is 25.4 Å². The number of hydrogen-bond acceptors (Lipinski definition) is 6. The van der Waals surface area contributed by atoms with Gasteiger partial charge in [-0.15, -0.1) is 0 Å². The molecule has 0 heterocycles. The molecule has 0 aliphatic rings. The number of carbonyl (C=O) groups excluding carboxylic acids is 2. The average molecular weight is 513 g/mol. The summed E-state index contributed by atoms with van der Waals surface area (Å²) in [6.45, 7) is 1.63. The lowest BCUT2D eigenvalue weighted by atomic mass is 9.91. The SMILES string of the molecule is CN(C(=O)OCc1ccccc1)[C@@](C)(Cc1ccc(OP(=O)(O)O)cc1)C(=O)OCc1ccccc1. The number of ether oxygens (including phenoxy) is 2. The zero-order chi connectivity index (χ0) is 26.2. The summed E-state index contributed by atoms with van der Waals surface area (Å²) in [5.41, 5.74) is 0.749. The molecule has 0 aromatic heterocycles. The number of carbonyl (C=O) groups is 2. The third-order valence-electron chi connectivity index (χ3n) is 5.57. The number of esters is 1. The fourth-order valence-corrected chi connectivity index (χ4v) is 3.82. The molecule has 0 spiro atoms. The van der Waals surface area contributed by atoms with Gasteiger partial charge in [-0.25, -0.2) is 14.2 Å². The number of hydrogen-bond donors (Lipinski definition) is 2. The Morgan fingerprint density at radius 1 is 0.806 bits per heavy atom. The van der Waals surface area contributed by atoms with Crippen molar-refractivity contribution in [3.8, 4) is 5.75 Å². The van der Waals surface area contributed by atoms with Crippen LogP contribution in [-0.2, 0) is 38.5 Å². The molecule has 0 unspecified atom stereocenters. The zero-order valence-electron chi connectivity index (χ0n) is 19.9. The van der Waals surface area contributed by atoms with Crippen LogP contribution in [-0.4, -0.2) is 39.3 Å². The number of phosphoric acid groups is 1. The first kappa shape index (κ1) is 26.9. The Hall–Kier alpha value is -3.65. The highest BCUT2D eigenvalue weighted by atomic mass is 31.2. The molecular formula is C26H28NO8P. The zero-order valence-corrected chi connectivity index (χ0v) is 20.8. The number of nitrogens with zero attached hydrogens (tertiary/aromatic N) is 1. The summed E-state index contributed by atoms with van der Waals surface area (Å²) in [5, 5.41) is 0. The Morgan fingerprint density at radius 3 is 1.81 bits per heavy atom. The van der Waals surface area contributed by atoms with Crippen molar-refractivity contribution in [3.63, 3.8) is 0 Å². The standard InChI is InChI=1S/C26H28NO8P/c1-26(24(28)33-18-21-9-5-3-6-10-21,17-20-13-15-23(16-14-20)35-36(30,31)32)27(2)25(29)34-19-22-11-7-4-8-12-22/h3-16H,17-19H2,1-2H3,(H2,30,31,32)/t26-/m0/s1. The van der Waals surface area contributed by atoms with Crippen molar-refractivity contribution in [1.29, 1.82) is 0 Å². The van der Waals surface area contributed by atoms with Crippen LogP contribution in [0.25, 0.3) is 0 Å². The highest BCUT2D eigenvalue weighted by molar-refractivity contribution is 7.46. The van der Waals surface area contributed by atoms with Crippen LogP contribution in [0.3, 0.4) is 0 Å². The molecule has 0 aliphatic carbocycles. The fourth-order valence-electron chi connectivity index (χ4n) is 3.43. The average Bonchev–Trinajstić information content (AvgIpc) is 2.86. The molecule has 190 valence electrons. The Labute approximate surface area is 209 Å². The maximum Gasteiger partial charge on any atom is 0.524 e. The van der Waals surface area contributed by atoms with E-state index in [2.05, 4.69) is 4.52 Å². The Morgan fingerprint density at radius 2 is 1.31 bits per heavy atom. The van der Waals surface area contributed by atoms with E-state index in [0.717, 1.165) is 11.1 Å². The van der Waals surface area contributed by atoms with Crippen molar-refractivity contribution in [2.75, 3.05) is 7.05 Å². The van der Waals surface area contributed by atoms with Crippen LogP contribution in [0.1, 0.15) is 23.6 Å². The lowest BCUT2D eigenvalue weighted by Gasteiger charge is -2.36. The predicted octanol–water partition coefficient (Wildman–Crippen LogP) is 4.47. The van der Waals surface area contributed by atoms with Gasteiger partial charge in [0.2, 0.25) is 0 Å². The molecule has 3 rings (SSSR count). The minimum Gasteiger partial charge on any atom is -0.459 e. The summed E-state index contributed by atoms with van der Waals surface area (Å²) in [6.07, 6.45) is -0.659. The fraction of sp³-hybridized carbons (Fsp3) is 0.231. The third kappa shape index (κ3) is 7.68. The van der Waals surface area contributed by atoms with Gasteiger partial charge in [-0.2, -0.15) is 0 Å². The van der Waals surface area contributed by atoms with Crippen LogP contribution < -0.4 is 4.52 Å². The maximum absolute atomic E-state index is 13.3. The summed E-state index contributed by atoms with van der Waals surface area (Å²) < 4.78 is 26.7. The molecule has 2 N–H and O–H groups in total. The molecule has 36 heavy (non-hydrogen) atoms. The molecule has 9 nitrogen and oxygen atoms in total. The van der Waals surface area contributed by atoms with Crippen molar-refractivity contribution in [1.82, 2.24) is 4.90 Å². The topological polar surface area (TPSA) is 123 Å². The lowest BCUT2D eigenvalue weighted by Crippen LogP contribution is -2.55. The quantitative estimate of drug-likeness (QED) is 0.301. The van der Waals surface area contributed by atoms with Crippen molar-refractivity contribution in [3.05, 3.63) is 102 Å². The minimum absolute atomic E-state index is 0.0250. The van der Waals surface area contributed by atoms with E-state index in [1.165, 1.54) is 24.1 Å². The van der Waals surface area contributed by atoms with Gasteiger partial charge in [-0.05, 0) is 35.7 Å². The number of likely N-dealkylation sites (N-methyl/N-ethyl adjacent to an activating group) is 1. The molecule has 3 aromatic rings. The maximum atomic E-state index is 13.3. The van der Waals surface area contributed by atoms with Gasteiger partial charge in [-0.3, -0.25) is 14.7 Å². The van der Waals surface area contributed by atoms with Crippen LogP contribution in [0.15, 0.2) is 84.9 Å². The molecular weight excluding hydrogens is 485 g/mol. The third-order valence-corrected chi connectivity index (χ3v) is 6.02. The highest BCUT2D eigenvalue weighted by Gasteiger charge is 2.42. The van der Waals surface area contributed by atoms with E-state index in [1.54, 1.807) is 19.1 Å². The minimum atomic E-state index is -4.70. The van der Waals surface area contributed by atoms with Crippen LogP contribution in [0.5, 0.6) is 5.75 Å². The normalized spacial score (nSPS) is 12.8. The van der Waals surface area contributed by atoms with Gasteiger partial charge in [0.05, 0.1) is 0 Å². The van der Waals surface area contributed by atoms with Gasteiger partial charge in [0.1, 0.15) is 24.5 Å². The van der Waals surface area contributed by atoms with Crippen molar-refractivity contribution >= 4 is 19.9 Å². The van der Waals surface area contributed by atoms with Crippen LogP contribution in [0.2, 0.25) is 0 Å². The smallest absolute Gasteiger partial charge is 0.459 e. The van der Waals surface area contributed by atoms with Crippen molar-refractivity contribution in [2.24, 2.45) is 0 Å². The van der Waals surface area contributed by atoms with Crippen molar-refractivity contribution in [2.45, 2.75) is 32.1 Å². The van der Waals surface area contributed by atoms with Gasteiger partial charge >= 0.3 is 19.9 Å². The molecule has 1 atom stereocenters. The molecule has 0 aliphatic heterocycles. The van der Waals surface area contributed by atoms with Crippen molar-refractivity contribution < 1.29 is 37.9 Å². The Balaban J connectivity index is 1.78. The van der Waals surface area contributed by atoms with Gasteiger partial charge in [-0.1, -0.05) is 72.8 Å². The number of amides is 1. The van der Waals surface area contributed by atoms with Crippen LogP contribution in [0.4, 0.5) is 4.79 Å². The van der Waals surface area contributed by atoms with Crippen LogP contribution >= 0.6 is 7.82 Å². The van der Waals surface area contributed by atoms with Gasteiger partial charge in [0.15, 0.2) is 0 Å². The predicted molar refractivity (Wildman–Crippen MR) is 132 cm³/mol. The lowest BCUT2D eigenvalue weighted by molar-refractivity contribution is -0.157. The molecule has 0 saturated carbocycles. The van der Waals surface area contributed by atoms with E-state index in [9.17, 15) is 14.2 Å². The van der Waals surface area contributed by atoms with E-state index in [1.807, 2.05) is 60.7 Å². The summed E-state index contributed by atoms with van der Waals surface area (Å²) >= 11 is 0. The molecule has 0 bridgehead atoms. The van der Waals surface area contributed by atoms with E-state index in [0.29, 0.717) is 5.56 Å². The van der Waals surface area contributed by atoms with Crippen LogP contribution in [0, 0.1) is 0 Å². The van der Waals surface area contributed by atoms with Gasteiger partial charge < -0.3 is 14.0 Å². The molecule has 1 amide bonds. The largest absolute Gasteiger partial charge is 0.524 e. The molecule has 3 aromatic carbocycles. The summed E-state index contributed by atoms with van der Waals surface area (Å²) in [5.74, 6) is -0.669. The molecule has 0 fully saturated rings. The molecule has 10 heteroatoms. The Bertz CT molecular complexity index is 1200. The number of benzene rings is 3. The second-order valence-electron chi connectivity index (χ2n) is 8.34.